The van der Waals surface area contributed by atoms with E-state index in [4.69, 9.17) is 14.1 Å². The first-order valence-corrected chi connectivity index (χ1v) is 7.80. The van der Waals surface area contributed by atoms with Crippen molar-refractivity contribution >= 4 is 29.2 Å². The summed E-state index contributed by atoms with van der Waals surface area (Å²) in [6.45, 7) is 4.78. The summed E-state index contributed by atoms with van der Waals surface area (Å²) in [5.74, 6) is 0.695. The molecule has 2 aromatic heterocycles. The maximum absolute atomic E-state index is 5.97. The molecular weight excluding hydrogens is 304 g/mol. The lowest BCUT2D eigenvalue weighted by Crippen LogP contribution is -2.15. The van der Waals surface area contributed by atoms with Gasteiger partial charge >= 0.3 is 0 Å². The fourth-order valence-corrected chi connectivity index (χ4v) is 2.72. The molecule has 3 N–H and O–H groups in total. The van der Waals surface area contributed by atoms with Crippen LogP contribution in [-0.4, -0.2) is 38.8 Å². The molecule has 3 rings (SSSR count). The van der Waals surface area contributed by atoms with Crippen molar-refractivity contribution in [3.05, 3.63) is 25.3 Å². The van der Waals surface area contributed by atoms with Gasteiger partial charge in [-0.3, -0.25) is 13.9 Å². The van der Waals surface area contributed by atoms with Crippen LogP contribution in [0.5, 0.6) is 0 Å². The number of aromatic nitrogens is 4. The highest BCUT2D eigenvalue weighted by Crippen LogP contribution is 2.31. The number of anilines is 1. The van der Waals surface area contributed by atoms with Crippen LogP contribution in [-0.2, 0) is 8.92 Å². The molecule has 0 aliphatic carbocycles. The van der Waals surface area contributed by atoms with Crippen LogP contribution < -0.4 is 10.5 Å². The molecule has 8 nitrogen and oxygen atoms in total. The van der Waals surface area contributed by atoms with E-state index in [1.807, 2.05) is 4.57 Å². The Balaban J connectivity index is 1.79. The first-order chi connectivity index (χ1) is 10.8. The minimum atomic E-state index is -0.0940. The van der Waals surface area contributed by atoms with E-state index in [2.05, 4.69) is 26.8 Å². The van der Waals surface area contributed by atoms with E-state index in [9.17, 15) is 0 Å². The SMILES string of the molecule is C=CCNc1ncnc2c1ncn2C1CCC(COSN)O1. The quantitative estimate of drug-likeness (QED) is 0.451. The van der Waals surface area contributed by atoms with E-state index < -0.39 is 0 Å². The first-order valence-electron chi connectivity index (χ1n) is 6.99. The molecule has 1 saturated heterocycles. The lowest BCUT2D eigenvalue weighted by atomic mass is 10.2. The molecule has 1 aliphatic heterocycles. The summed E-state index contributed by atoms with van der Waals surface area (Å²) in [6.07, 6.45) is 6.77. The smallest absolute Gasteiger partial charge is 0.167 e. The summed E-state index contributed by atoms with van der Waals surface area (Å²) >= 11 is 0.863. The van der Waals surface area contributed by atoms with Crippen LogP contribution in [0, 0.1) is 0 Å². The van der Waals surface area contributed by atoms with Crippen LogP contribution in [0.15, 0.2) is 25.3 Å². The molecule has 1 aliphatic rings. The normalized spacial score (nSPS) is 21.3. The Bertz CT molecular complexity index is 648. The molecule has 22 heavy (non-hydrogen) atoms. The zero-order valence-corrected chi connectivity index (χ0v) is 12.8. The molecular formula is C13H18N6O2S. The first kappa shape index (κ1) is 15.2. The standard InChI is InChI=1S/C13H18N6O2S/c1-2-5-15-12-11-13(17-7-16-12)19(8-18-11)10-4-3-9(21-10)6-20-22-14/h2,7-10H,1,3-6,14H2,(H,15,16,17). The zero-order valence-electron chi connectivity index (χ0n) is 12.0. The summed E-state index contributed by atoms with van der Waals surface area (Å²) in [7, 11) is 0. The molecule has 118 valence electrons. The van der Waals surface area contributed by atoms with Crippen molar-refractivity contribution in [3.8, 4) is 0 Å². The van der Waals surface area contributed by atoms with E-state index in [1.54, 1.807) is 12.4 Å². The number of hydrogen-bond donors (Lipinski definition) is 2. The molecule has 3 heterocycles. The Morgan fingerprint density at radius 2 is 2.41 bits per heavy atom. The predicted octanol–water partition coefficient (Wildman–Crippen LogP) is 1.64. The Morgan fingerprint density at radius 1 is 1.50 bits per heavy atom. The Hall–Kier alpha value is -1.68. The fraction of sp³-hybridized carbons (Fsp3) is 0.462. The molecule has 0 amide bonds. The third-order valence-electron chi connectivity index (χ3n) is 3.49. The maximum atomic E-state index is 5.97. The van der Waals surface area contributed by atoms with Gasteiger partial charge in [0.2, 0.25) is 0 Å². The van der Waals surface area contributed by atoms with Crippen molar-refractivity contribution in [2.45, 2.75) is 25.2 Å². The van der Waals surface area contributed by atoms with Gasteiger partial charge in [-0.25, -0.2) is 15.0 Å². The Labute approximate surface area is 132 Å². The summed E-state index contributed by atoms with van der Waals surface area (Å²) < 4.78 is 13.0. The number of hydrogen-bond acceptors (Lipinski definition) is 8. The van der Waals surface area contributed by atoms with E-state index in [0.717, 1.165) is 36.2 Å². The van der Waals surface area contributed by atoms with Crippen molar-refractivity contribution < 1.29 is 8.92 Å². The summed E-state index contributed by atoms with van der Waals surface area (Å²) in [5, 5.41) is 8.42. The minimum absolute atomic E-state index is 0.0405. The highest BCUT2D eigenvalue weighted by molar-refractivity contribution is 7.92. The highest BCUT2D eigenvalue weighted by atomic mass is 32.2. The van der Waals surface area contributed by atoms with Gasteiger partial charge in [0.25, 0.3) is 0 Å². The molecule has 0 aromatic carbocycles. The van der Waals surface area contributed by atoms with Crippen LogP contribution >= 0.6 is 12.2 Å². The van der Waals surface area contributed by atoms with E-state index in [-0.39, 0.29) is 12.3 Å². The van der Waals surface area contributed by atoms with Crippen molar-refractivity contribution in [1.29, 1.82) is 0 Å². The molecule has 9 heteroatoms. The third-order valence-corrected chi connectivity index (χ3v) is 3.76. The summed E-state index contributed by atoms with van der Waals surface area (Å²) in [5.41, 5.74) is 1.48. The van der Waals surface area contributed by atoms with Gasteiger partial charge in [0.15, 0.2) is 17.0 Å². The molecule has 0 spiro atoms. The molecule has 2 aromatic rings. The summed E-state index contributed by atoms with van der Waals surface area (Å²) in [4.78, 5) is 13.0. The van der Waals surface area contributed by atoms with Crippen LogP contribution in [0.1, 0.15) is 19.1 Å². The fourth-order valence-electron chi connectivity index (χ4n) is 2.49. The molecule has 1 fully saturated rings. The molecule has 0 saturated carbocycles. The number of nitrogens with two attached hydrogens (primary N) is 1. The molecule has 0 bridgehead atoms. The average molecular weight is 322 g/mol. The van der Waals surface area contributed by atoms with Gasteiger partial charge < -0.3 is 10.1 Å². The van der Waals surface area contributed by atoms with Gasteiger partial charge in [-0.05, 0) is 12.8 Å². The molecule has 2 atom stereocenters. The topological polar surface area (TPSA) is 100 Å². The van der Waals surface area contributed by atoms with Crippen LogP contribution in [0.4, 0.5) is 5.82 Å². The van der Waals surface area contributed by atoms with E-state index >= 15 is 0 Å². The molecule has 0 radical (unpaired) electrons. The Kier molecular flexibility index (Phi) is 4.88. The number of ether oxygens (including phenoxy) is 1. The highest BCUT2D eigenvalue weighted by Gasteiger charge is 2.28. The zero-order chi connectivity index (χ0) is 15.4. The van der Waals surface area contributed by atoms with Gasteiger partial charge in [-0.15, -0.1) is 6.58 Å². The van der Waals surface area contributed by atoms with Gasteiger partial charge in [-0.2, -0.15) is 0 Å². The third kappa shape index (κ3) is 3.07. The van der Waals surface area contributed by atoms with E-state index in [0.29, 0.717) is 19.0 Å². The van der Waals surface area contributed by atoms with Crippen molar-refractivity contribution in [2.24, 2.45) is 5.14 Å². The van der Waals surface area contributed by atoms with Gasteiger partial charge in [0, 0.05) is 6.54 Å². The number of fused-ring (bicyclic) bond motifs is 1. The van der Waals surface area contributed by atoms with Crippen LogP contribution in [0.25, 0.3) is 11.2 Å². The number of nitrogens with zero attached hydrogens (tertiary/aromatic N) is 4. The van der Waals surface area contributed by atoms with Gasteiger partial charge in [0.05, 0.1) is 31.3 Å². The van der Waals surface area contributed by atoms with Crippen LogP contribution in [0.3, 0.4) is 0 Å². The van der Waals surface area contributed by atoms with Crippen LogP contribution in [0.2, 0.25) is 0 Å². The monoisotopic (exact) mass is 322 g/mol. The second kappa shape index (κ2) is 7.05. The summed E-state index contributed by atoms with van der Waals surface area (Å²) in [6, 6.07) is 0. The van der Waals surface area contributed by atoms with Gasteiger partial charge in [-0.1, -0.05) is 6.08 Å². The second-order valence-corrected chi connectivity index (χ2v) is 5.31. The number of rotatable bonds is 7. The van der Waals surface area contributed by atoms with Gasteiger partial charge in [0.1, 0.15) is 12.6 Å². The van der Waals surface area contributed by atoms with Crippen molar-refractivity contribution in [1.82, 2.24) is 19.5 Å². The molecule has 2 unspecified atom stereocenters. The largest absolute Gasteiger partial charge is 0.365 e. The lowest BCUT2D eigenvalue weighted by molar-refractivity contribution is -0.0128. The number of nitrogens with one attached hydrogen (secondary N) is 1. The van der Waals surface area contributed by atoms with E-state index in [1.165, 1.54) is 6.33 Å². The predicted molar refractivity (Wildman–Crippen MR) is 84.9 cm³/mol. The number of imidazole rings is 1. The van der Waals surface area contributed by atoms with Crippen molar-refractivity contribution in [3.63, 3.8) is 0 Å². The van der Waals surface area contributed by atoms with Crippen molar-refractivity contribution in [2.75, 3.05) is 18.5 Å². The second-order valence-electron chi connectivity index (χ2n) is 4.89. The lowest BCUT2D eigenvalue weighted by Gasteiger charge is -2.14. The minimum Gasteiger partial charge on any atom is -0.365 e. The Morgan fingerprint density at radius 3 is 3.23 bits per heavy atom. The maximum Gasteiger partial charge on any atom is 0.167 e. The average Bonchev–Trinajstić information content (AvgIpc) is 3.17.